The number of aryl methyl sites for hydroxylation is 1. The Balaban J connectivity index is 1.46. The smallest absolute Gasteiger partial charge is 0.351 e. The Morgan fingerprint density at radius 3 is 2.81 bits per heavy atom. The summed E-state index contributed by atoms with van der Waals surface area (Å²) < 4.78 is 5.69. The second-order valence-electron chi connectivity index (χ2n) is 6.59. The lowest BCUT2D eigenvalue weighted by atomic mass is 10.1. The highest BCUT2D eigenvalue weighted by atomic mass is 16.6. The first-order chi connectivity index (χ1) is 13.1. The third kappa shape index (κ3) is 5.58. The zero-order valence-electron chi connectivity index (χ0n) is 15.1. The first-order valence-electron chi connectivity index (χ1n) is 9.14. The maximum Gasteiger partial charge on any atom is 0.351 e. The minimum atomic E-state index is -0.749. The number of nitrogens with zero attached hydrogens (tertiary/aromatic N) is 4. The standard InChI is InChI=1S/C18H23N5O4/c24-18-15(23(25)26)12-20-16(21-18)5-4-10-27-17-11-14(6-7-19-17)13-22-8-2-1-3-9-22/h6-7,11-12H,1-5,8-10,13H2,(H,20,21,24). The number of nitro groups is 1. The lowest BCUT2D eigenvalue weighted by molar-refractivity contribution is -0.386. The van der Waals surface area contributed by atoms with Crippen LogP contribution in [0.1, 0.15) is 37.1 Å². The fraction of sp³-hybridized carbons (Fsp3) is 0.500. The molecule has 2 aromatic rings. The van der Waals surface area contributed by atoms with E-state index in [4.69, 9.17) is 4.74 Å². The molecule has 9 nitrogen and oxygen atoms in total. The monoisotopic (exact) mass is 373 g/mol. The lowest BCUT2D eigenvalue weighted by Gasteiger charge is -2.26. The van der Waals surface area contributed by atoms with Gasteiger partial charge in [-0.05, 0) is 44.0 Å². The molecule has 0 saturated carbocycles. The van der Waals surface area contributed by atoms with Gasteiger partial charge in [0.2, 0.25) is 5.88 Å². The van der Waals surface area contributed by atoms with E-state index in [-0.39, 0.29) is 0 Å². The third-order valence-electron chi connectivity index (χ3n) is 4.49. The molecule has 1 aliphatic heterocycles. The molecule has 1 N–H and O–H groups in total. The topological polar surface area (TPSA) is 114 Å². The molecule has 0 bridgehead atoms. The zero-order chi connectivity index (χ0) is 19.1. The maximum absolute atomic E-state index is 11.6. The van der Waals surface area contributed by atoms with E-state index < -0.39 is 16.2 Å². The molecule has 0 unspecified atom stereocenters. The summed E-state index contributed by atoms with van der Waals surface area (Å²) in [6.07, 6.45) is 7.64. The van der Waals surface area contributed by atoms with Crippen LogP contribution in [0.15, 0.2) is 29.3 Å². The van der Waals surface area contributed by atoms with Gasteiger partial charge >= 0.3 is 11.2 Å². The minimum Gasteiger partial charge on any atom is -0.478 e. The van der Waals surface area contributed by atoms with Gasteiger partial charge in [0.15, 0.2) is 0 Å². The van der Waals surface area contributed by atoms with Crippen LogP contribution in [0.2, 0.25) is 0 Å². The summed E-state index contributed by atoms with van der Waals surface area (Å²) in [6, 6.07) is 3.97. The van der Waals surface area contributed by atoms with Crippen molar-refractivity contribution < 1.29 is 9.66 Å². The van der Waals surface area contributed by atoms with Crippen molar-refractivity contribution in [1.29, 1.82) is 0 Å². The number of hydrogen-bond donors (Lipinski definition) is 1. The summed E-state index contributed by atoms with van der Waals surface area (Å²) >= 11 is 0. The molecule has 1 fully saturated rings. The van der Waals surface area contributed by atoms with Crippen LogP contribution in [0.3, 0.4) is 0 Å². The molecular formula is C18H23N5O4. The number of likely N-dealkylation sites (tertiary alicyclic amines) is 1. The molecule has 144 valence electrons. The number of rotatable bonds is 8. The SMILES string of the molecule is O=c1[nH]c(CCCOc2cc(CN3CCCCC3)ccn2)ncc1[N+](=O)[O-]. The van der Waals surface area contributed by atoms with E-state index in [0.717, 1.165) is 25.8 Å². The van der Waals surface area contributed by atoms with E-state index >= 15 is 0 Å². The van der Waals surface area contributed by atoms with Crippen LogP contribution in [-0.4, -0.2) is 44.5 Å². The molecule has 0 amide bonds. The average molecular weight is 373 g/mol. The molecule has 1 aliphatic rings. The van der Waals surface area contributed by atoms with Gasteiger partial charge in [-0.25, -0.2) is 9.97 Å². The van der Waals surface area contributed by atoms with Crippen molar-refractivity contribution >= 4 is 5.69 Å². The second-order valence-corrected chi connectivity index (χ2v) is 6.59. The maximum atomic E-state index is 11.6. The van der Waals surface area contributed by atoms with E-state index in [2.05, 4.69) is 19.9 Å². The fourth-order valence-electron chi connectivity index (χ4n) is 3.10. The van der Waals surface area contributed by atoms with Gasteiger partial charge in [-0.2, -0.15) is 0 Å². The fourth-order valence-corrected chi connectivity index (χ4v) is 3.10. The lowest BCUT2D eigenvalue weighted by Crippen LogP contribution is -2.29. The van der Waals surface area contributed by atoms with Crippen molar-refractivity contribution in [2.45, 2.75) is 38.6 Å². The number of aromatic amines is 1. The molecule has 2 aromatic heterocycles. The summed E-state index contributed by atoms with van der Waals surface area (Å²) in [5.74, 6) is 0.982. The predicted molar refractivity (Wildman–Crippen MR) is 98.7 cm³/mol. The van der Waals surface area contributed by atoms with Gasteiger partial charge in [0, 0.05) is 25.2 Å². The predicted octanol–water partition coefficient (Wildman–Crippen LogP) is 2.07. The van der Waals surface area contributed by atoms with E-state index in [1.54, 1.807) is 6.20 Å². The molecule has 0 spiro atoms. The Kier molecular flexibility index (Phi) is 6.48. The van der Waals surface area contributed by atoms with E-state index in [9.17, 15) is 14.9 Å². The largest absolute Gasteiger partial charge is 0.478 e. The van der Waals surface area contributed by atoms with Crippen molar-refractivity contribution in [3.8, 4) is 5.88 Å². The summed E-state index contributed by atoms with van der Waals surface area (Å²) in [4.78, 5) is 34.4. The van der Waals surface area contributed by atoms with Crippen LogP contribution in [0.25, 0.3) is 0 Å². The molecule has 3 heterocycles. The van der Waals surface area contributed by atoms with E-state index in [0.29, 0.717) is 31.2 Å². The number of nitrogens with one attached hydrogen (secondary N) is 1. The van der Waals surface area contributed by atoms with Gasteiger partial charge in [0.05, 0.1) is 11.5 Å². The van der Waals surface area contributed by atoms with Crippen LogP contribution < -0.4 is 10.3 Å². The van der Waals surface area contributed by atoms with Gasteiger partial charge in [0.1, 0.15) is 12.0 Å². The molecule has 0 atom stereocenters. The van der Waals surface area contributed by atoms with Gasteiger partial charge in [-0.1, -0.05) is 6.42 Å². The summed E-state index contributed by atoms with van der Waals surface area (Å²) in [5.41, 5.74) is -0.106. The normalized spacial score (nSPS) is 14.8. The van der Waals surface area contributed by atoms with Crippen molar-refractivity contribution in [2.75, 3.05) is 19.7 Å². The third-order valence-corrected chi connectivity index (χ3v) is 4.49. The molecule has 0 aliphatic carbocycles. The number of aromatic nitrogens is 3. The molecule has 0 aromatic carbocycles. The minimum absolute atomic E-state index is 0.404. The number of pyridine rings is 1. The zero-order valence-corrected chi connectivity index (χ0v) is 15.1. The van der Waals surface area contributed by atoms with Crippen molar-refractivity contribution in [1.82, 2.24) is 19.9 Å². The first-order valence-corrected chi connectivity index (χ1v) is 9.14. The molecule has 27 heavy (non-hydrogen) atoms. The van der Waals surface area contributed by atoms with Crippen LogP contribution >= 0.6 is 0 Å². The van der Waals surface area contributed by atoms with Gasteiger partial charge in [0.25, 0.3) is 0 Å². The van der Waals surface area contributed by atoms with Crippen LogP contribution in [-0.2, 0) is 13.0 Å². The number of H-pyrrole nitrogens is 1. The number of hydrogen-bond acceptors (Lipinski definition) is 7. The first kappa shape index (κ1) is 19.0. The quantitative estimate of drug-likeness (QED) is 0.428. The van der Waals surface area contributed by atoms with Crippen LogP contribution in [0.5, 0.6) is 5.88 Å². The Morgan fingerprint density at radius 1 is 1.26 bits per heavy atom. The van der Waals surface area contributed by atoms with Crippen LogP contribution in [0.4, 0.5) is 5.69 Å². The summed E-state index contributed by atoms with van der Waals surface area (Å²) in [5, 5.41) is 10.6. The second kappa shape index (κ2) is 9.22. The van der Waals surface area contributed by atoms with E-state index in [1.165, 1.54) is 24.8 Å². The average Bonchev–Trinajstić information content (AvgIpc) is 2.66. The Hall–Kier alpha value is -2.81. The Bertz CT molecular complexity index is 832. The molecular weight excluding hydrogens is 350 g/mol. The van der Waals surface area contributed by atoms with Crippen LogP contribution in [0, 0.1) is 10.1 Å². The highest BCUT2D eigenvalue weighted by Gasteiger charge is 2.13. The Labute approximate surface area is 156 Å². The van der Waals surface area contributed by atoms with Gasteiger partial charge in [-0.3, -0.25) is 19.8 Å². The van der Waals surface area contributed by atoms with Crippen molar-refractivity contribution in [3.05, 3.63) is 56.4 Å². The van der Waals surface area contributed by atoms with E-state index in [1.807, 2.05) is 12.1 Å². The summed E-state index contributed by atoms with van der Waals surface area (Å²) in [6.45, 7) is 3.60. The number of ether oxygens (including phenoxy) is 1. The van der Waals surface area contributed by atoms with Gasteiger partial charge in [-0.15, -0.1) is 0 Å². The van der Waals surface area contributed by atoms with Crippen molar-refractivity contribution in [2.24, 2.45) is 0 Å². The number of piperidine rings is 1. The van der Waals surface area contributed by atoms with Crippen molar-refractivity contribution in [3.63, 3.8) is 0 Å². The molecule has 0 radical (unpaired) electrons. The molecule has 9 heteroatoms. The molecule has 1 saturated heterocycles. The summed E-state index contributed by atoms with van der Waals surface area (Å²) in [7, 11) is 0. The van der Waals surface area contributed by atoms with Gasteiger partial charge < -0.3 is 9.72 Å². The molecule has 3 rings (SSSR count). The highest BCUT2D eigenvalue weighted by Crippen LogP contribution is 2.15. The Morgan fingerprint density at radius 2 is 2.07 bits per heavy atom. The highest BCUT2D eigenvalue weighted by molar-refractivity contribution is 5.21.